The van der Waals surface area contributed by atoms with Crippen LogP contribution in [0.3, 0.4) is 0 Å². The Morgan fingerprint density at radius 1 is 1.37 bits per heavy atom. The van der Waals surface area contributed by atoms with E-state index in [0.717, 1.165) is 12.1 Å². The molecule has 3 nitrogen and oxygen atoms in total. The highest BCUT2D eigenvalue weighted by atomic mass is 35.5. The molecule has 0 radical (unpaired) electrons. The largest absolute Gasteiger partial charge is 0.416 e. The number of benzene rings is 1. The highest BCUT2D eigenvalue weighted by molar-refractivity contribution is 6.33. The summed E-state index contributed by atoms with van der Waals surface area (Å²) in [5.41, 5.74) is -0.501. The highest BCUT2D eigenvalue weighted by Crippen LogP contribution is 2.33. The van der Waals surface area contributed by atoms with Crippen molar-refractivity contribution in [3.8, 4) is 0 Å². The zero-order valence-electron chi connectivity index (χ0n) is 10.0. The maximum absolute atomic E-state index is 12.6. The van der Waals surface area contributed by atoms with Crippen LogP contribution < -0.4 is 5.32 Å². The summed E-state index contributed by atoms with van der Waals surface area (Å²) < 4.78 is 39.5. The lowest BCUT2D eigenvalue weighted by Gasteiger charge is -2.12. The first-order chi connectivity index (χ1) is 8.88. The van der Waals surface area contributed by atoms with Crippen LogP contribution in [-0.4, -0.2) is 9.55 Å². The molecule has 1 N–H and O–H groups in total. The van der Waals surface area contributed by atoms with Crippen LogP contribution >= 0.6 is 11.6 Å². The number of halogens is 4. The van der Waals surface area contributed by atoms with Gasteiger partial charge < -0.3 is 9.88 Å². The van der Waals surface area contributed by atoms with Gasteiger partial charge in [0.05, 0.1) is 22.8 Å². The van der Waals surface area contributed by atoms with E-state index in [1.807, 2.05) is 0 Å². The van der Waals surface area contributed by atoms with Crippen molar-refractivity contribution in [2.45, 2.75) is 12.7 Å². The summed E-state index contributed by atoms with van der Waals surface area (Å²) in [6.45, 7) is 0.296. The molecule has 0 saturated carbocycles. The molecular weight excluding hydrogens is 279 g/mol. The minimum atomic E-state index is -4.38. The van der Waals surface area contributed by atoms with E-state index in [1.54, 1.807) is 24.0 Å². The van der Waals surface area contributed by atoms with Crippen LogP contribution in [-0.2, 0) is 19.8 Å². The molecule has 0 fully saturated rings. The van der Waals surface area contributed by atoms with Crippen LogP contribution in [0.5, 0.6) is 0 Å². The Bertz CT molecular complexity index is 578. The molecule has 0 spiro atoms. The van der Waals surface area contributed by atoms with Gasteiger partial charge in [-0.05, 0) is 18.2 Å². The second-order valence-electron chi connectivity index (χ2n) is 4.00. The first kappa shape index (κ1) is 13.7. The summed E-state index contributed by atoms with van der Waals surface area (Å²) in [5.74, 6) is 0.702. The monoisotopic (exact) mass is 289 g/mol. The fourth-order valence-corrected chi connectivity index (χ4v) is 1.76. The van der Waals surface area contributed by atoms with E-state index in [2.05, 4.69) is 10.3 Å². The van der Waals surface area contributed by atoms with Crippen LogP contribution in [0.15, 0.2) is 30.6 Å². The van der Waals surface area contributed by atoms with Gasteiger partial charge in [0.2, 0.25) is 0 Å². The normalized spacial score (nSPS) is 11.6. The van der Waals surface area contributed by atoms with Crippen molar-refractivity contribution < 1.29 is 13.2 Å². The third-order valence-corrected chi connectivity index (χ3v) is 2.98. The van der Waals surface area contributed by atoms with Gasteiger partial charge in [-0.15, -0.1) is 0 Å². The number of aromatic nitrogens is 2. The van der Waals surface area contributed by atoms with Crippen molar-refractivity contribution in [3.63, 3.8) is 0 Å². The van der Waals surface area contributed by atoms with Gasteiger partial charge in [0.25, 0.3) is 0 Å². The average Bonchev–Trinajstić information content (AvgIpc) is 2.72. The Morgan fingerprint density at radius 3 is 2.68 bits per heavy atom. The molecule has 0 aliphatic heterocycles. The Kier molecular flexibility index (Phi) is 3.71. The van der Waals surface area contributed by atoms with Crippen molar-refractivity contribution in [2.24, 2.45) is 7.05 Å². The molecule has 0 unspecified atom stereocenters. The number of nitrogens with zero attached hydrogens (tertiary/aromatic N) is 2. The molecule has 2 rings (SSSR count). The summed E-state index contributed by atoms with van der Waals surface area (Å²) in [4.78, 5) is 4.07. The van der Waals surface area contributed by atoms with Gasteiger partial charge in [0.15, 0.2) is 0 Å². The van der Waals surface area contributed by atoms with Crippen LogP contribution in [0.4, 0.5) is 18.9 Å². The second-order valence-corrected chi connectivity index (χ2v) is 4.41. The van der Waals surface area contributed by atoms with Gasteiger partial charge in [0.1, 0.15) is 5.82 Å². The molecular formula is C12H11ClF3N3. The molecule has 0 bridgehead atoms. The molecule has 1 aromatic heterocycles. The van der Waals surface area contributed by atoms with E-state index in [1.165, 1.54) is 6.07 Å². The summed E-state index contributed by atoms with van der Waals surface area (Å²) in [5, 5.41) is 3.09. The molecule has 0 atom stereocenters. The summed E-state index contributed by atoms with van der Waals surface area (Å²) in [7, 11) is 1.80. The van der Waals surface area contributed by atoms with Gasteiger partial charge >= 0.3 is 6.18 Å². The van der Waals surface area contributed by atoms with E-state index in [9.17, 15) is 13.2 Å². The van der Waals surface area contributed by atoms with E-state index in [4.69, 9.17) is 11.6 Å². The third-order valence-electron chi connectivity index (χ3n) is 2.65. The molecule has 0 aliphatic rings. The summed E-state index contributed by atoms with van der Waals surface area (Å²) in [6.07, 6.45) is -1.01. The smallest absolute Gasteiger partial charge is 0.377 e. The van der Waals surface area contributed by atoms with Crippen LogP contribution in [0.1, 0.15) is 11.4 Å². The van der Waals surface area contributed by atoms with E-state index in [-0.39, 0.29) is 10.7 Å². The number of hydrogen-bond donors (Lipinski definition) is 1. The quantitative estimate of drug-likeness (QED) is 0.933. The number of alkyl halides is 3. The first-order valence-electron chi connectivity index (χ1n) is 5.45. The summed E-state index contributed by atoms with van der Waals surface area (Å²) in [6, 6.07) is 3.17. The molecule has 0 amide bonds. The molecule has 0 saturated heterocycles. The van der Waals surface area contributed by atoms with E-state index >= 15 is 0 Å². The Hall–Kier alpha value is -1.69. The number of nitrogens with one attached hydrogen (secondary N) is 1. The number of hydrogen-bond acceptors (Lipinski definition) is 2. The van der Waals surface area contributed by atoms with Crippen molar-refractivity contribution >= 4 is 17.3 Å². The number of imidazole rings is 1. The molecule has 102 valence electrons. The molecule has 2 aromatic rings. The van der Waals surface area contributed by atoms with Crippen LogP contribution in [0.2, 0.25) is 5.02 Å². The predicted molar refractivity (Wildman–Crippen MR) is 67.0 cm³/mol. The predicted octanol–water partition coefficient (Wildman–Crippen LogP) is 3.70. The van der Waals surface area contributed by atoms with Gasteiger partial charge in [0, 0.05) is 19.4 Å². The van der Waals surface area contributed by atoms with Gasteiger partial charge in [-0.2, -0.15) is 13.2 Å². The standard InChI is InChI=1S/C12H11ClF3N3/c1-19-5-4-17-11(19)7-18-10-6-8(12(14,15)16)2-3-9(10)13/h2-6,18H,7H2,1H3. The lowest BCUT2D eigenvalue weighted by atomic mass is 10.2. The third kappa shape index (κ3) is 3.20. The lowest BCUT2D eigenvalue weighted by molar-refractivity contribution is -0.137. The number of rotatable bonds is 3. The molecule has 1 aromatic carbocycles. The molecule has 19 heavy (non-hydrogen) atoms. The molecule has 0 aliphatic carbocycles. The topological polar surface area (TPSA) is 29.9 Å². The van der Waals surface area contributed by atoms with Crippen molar-refractivity contribution in [1.82, 2.24) is 9.55 Å². The fraction of sp³-hybridized carbons (Fsp3) is 0.250. The van der Waals surface area contributed by atoms with E-state index < -0.39 is 11.7 Å². The zero-order chi connectivity index (χ0) is 14.0. The fourth-order valence-electron chi connectivity index (χ4n) is 1.58. The second kappa shape index (κ2) is 5.13. The zero-order valence-corrected chi connectivity index (χ0v) is 10.8. The maximum Gasteiger partial charge on any atom is 0.416 e. The van der Waals surface area contributed by atoms with Gasteiger partial charge in [-0.25, -0.2) is 4.98 Å². The first-order valence-corrected chi connectivity index (χ1v) is 5.82. The van der Waals surface area contributed by atoms with Crippen molar-refractivity contribution in [1.29, 1.82) is 0 Å². The van der Waals surface area contributed by atoms with Gasteiger partial charge in [-0.3, -0.25) is 0 Å². The Balaban J connectivity index is 2.18. The van der Waals surface area contributed by atoms with Gasteiger partial charge in [-0.1, -0.05) is 11.6 Å². The minimum Gasteiger partial charge on any atom is -0.377 e. The summed E-state index contributed by atoms with van der Waals surface area (Å²) >= 11 is 5.87. The lowest BCUT2D eigenvalue weighted by Crippen LogP contribution is -2.09. The minimum absolute atomic E-state index is 0.236. The highest BCUT2D eigenvalue weighted by Gasteiger charge is 2.30. The molecule has 7 heteroatoms. The van der Waals surface area contributed by atoms with Crippen molar-refractivity contribution in [3.05, 3.63) is 47.0 Å². The Labute approximate surface area is 113 Å². The Morgan fingerprint density at radius 2 is 2.11 bits per heavy atom. The SMILES string of the molecule is Cn1ccnc1CNc1cc(C(F)(F)F)ccc1Cl. The van der Waals surface area contributed by atoms with Crippen LogP contribution in [0, 0.1) is 0 Å². The van der Waals surface area contributed by atoms with Crippen LogP contribution in [0.25, 0.3) is 0 Å². The number of anilines is 1. The molecule has 1 heterocycles. The number of aryl methyl sites for hydroxylation is 1. The van der Waals surface area contributed by atoms with E-state index in [0.29, 0.717) is 12.4 Å². The maximum atomic E-state index is 12.6. The average molecular weight is 290 g/mol. The van der Waals surface area contributed by atoms with Crippen molar-refractivity contribution in [2.75, 3.05) is 5.32 Å².